The Balaban J connectivity index is 0.000000292. The maximum Gasteiger partial charge on any atom is 0.277 e. The van der Waals surface area contributed by atoms with E-state index in [1.165, 1.54) is 44.6 Å². The van der Waals surface area contributed by atoms with E-state index in [1.54, 1.807) is 58.6 Å². The van der Waals surface area contributed by atoms with Crippen molar-refractivity contribution in [3.8, 4) is 20.9 Å². The lowest BCUT2D eigenvalue weighted by Gasteiger charge is -2.36. The van der Waals surface area contributed by atoms with E-state index in [2.05, 4.69) is 52.7 Å². The first-order chi connectivity index (χ1) is 56.0. The van der Waals surface area contributed by atoms with Crippen molar-refractivity contribution in [3.05, 3.63) is 139 Å². The quantitative estimate of drug-likeness (QED) is 0.00739. The minimum atomic E-state index is -2.02. The summed E-state index contributed by atoms with van der Waals surface area (Å²) in [6.45, 7) is 15.8. The van der Waals surface area contributed by atoms with Gasteiger partial charge in [-0.3, -0.25) is 48.0 Å². The molecule has 25 nitrogen and oxygen atoms in total. The number of halogens is 6. The van der Waals surface area contributed by atoms with Crippen molar-refractivity contribution in [3.63, 3.8) is 0 Å². The van der Waals surface area contributed by atoms with E-state index >= 15 is 0 Å². The highest BCUT2D eigenvalue weighted by molar-refractivity contribution is 14.1. The summed E-state index contributed by atoms with van der Waals surface area (Å²) in [5.74, 6) is -8.55. The summed E-state index contributed by atoms with van der Waals surface area (Å²) < 4.78 is 73.1. The fraction of sp³-hybridized carbons (Fsp3) is 0.541. The molecule has 4 heterocycles. The van der Waals surface area contributed by atoms with Gasteiger partial charge >= 0.3 is 0 Å². The van der Waals surface area contributed by atoms with Gasteiger partial charge in [-0.1, -0.05) is 141 Å². The SMILES string of the molecule is Cc1ncsc1-c1ccc([C@H](CC(=O)NCCCCCCCCCCONC(=O)c2ccc(F)c(F)c2Nc2ccc(I)cc2F)NC(=O)[C@@H]2C[C@@H](O)CN2C(=O)C(NC(=O)C2(F)CC2)C(C)(C)C)cc1.Cc1ncsc1-c1ccc([C@H](CC(=O)NCCCCCCN)NC(=O)[C@@H]2C[C@@H](O)CN2C(=O)C(NC(=O)C2(F)CC2)C(C)(C)C)cc1. The smallest absolute Gasteiger partial charge is 0.277 e. The number of alkyl halides is 2. The van der Waals surface area contributed by atoms with E-state index < -0.39 is 135 Å². The van der Waals surface area contributed by atoms with Crippen molar-refractivity contribution in [1.29, 1.82) is 0 Å². The van der Waals surface area contributed by atoms with Gasteiger partial charge in [0.2, 0.25) is 35.4 Å². The van der Waals surface area contributed by atoms with Crippen LogP contribution in [0.2, 0.25) is 0 Å². The number of unbranched alkanes of at least 4 members (excludes halogenated alkanes) is 10. The van der Waals surface area contributed by atoms with Crippen LogP contribution in [0.15, 0.2) is 89.9 Å². The van der Waals surface area contributed by atoms with Gasteiger partial charge in [0.1, 0.15) is 30.0 Å². The first-order valence-corrected chi connectivity index (χ1v) is 43.3. The zero-order valence-corrected chi connectivity index (χ0v) is 71.9. The highest BCUT2D eigenvalue weighted by Gasteiger charge is 2.55. The van der Waals surface area contributed by atoms with E-state index in [1.807, 2.05) is 85.0 Å². The molecule has 10 rings (SSSR count). The molecule has 8 atom stereocenters. The number of anilines is 2. The Kier molecular flexibility index (Phi) is 33.6. The highest BCUT2D eigenvalue weighted by Crippen LogP contribution is 2.43. The van der Waals surface area contributed by atoms with Crippen molar-refractivity contribution in [2.75, 3.05) is 44.6 Å². The Hall–Kier alpha value is -8.61. The number of hydroxylamine groups is 1. The van der Waals surface area contributed by atoms with Gasteiger partial charge in [0.15, 0.2) is 23.0 Å². The Morgan fingerprint density at radius 1 is 0.576 bits per heavy atom. The number of carbonyl (C=O) groups excluding carboxylic acids is 9. The first kappa shape index (κ1) is 93.3. The van der Waals surface area contributed by atoms with Crippen LogP contribution >= 0.6 is 45.3 Å². The normalized spacial score (nSPS) is 18.2. The number of hydrogen-bond donors (Lipinski definition) is 11. The number of amides is 9. The molecule has 2 saturated heterocycles. The molecule has 2 unspecified atom stereocenters. The van der Waals surface area contributed by atoms with Gasteiger partial charge in [0.25, 0.3) is 17.7 Å². The molecular formula is C85H111F5IN13O12S2. The van der Waals surface area contributed by atoms with Gasteiger partial charge in [-0.2, -0.15) is 0 Å². The second kappa shape index (κ2) is 42.6. The number of β-amino-alcohol motifs (C(OH)–C–C–N with tert-alkyl or cyclic N) is 2. The maximum absolute atomic E-state index is 14.7. The van der Waals surface area contributed by atoms with Gasteiger partial charge in [0, 0.05) is 42.6 Å². The Morgan fingerprint density at radius 3 is 1.40 bits per heavy atom. The van der Waals surface area contributed by atoms with E-state index in [0.29, 0.717) is 40.8 Å². The van der Waals surface area contributed by atoms with Gasteiger partial charge in [-0.05, 0) is 158 Å². The van der Waals surface area contributed by atoms with Crippen molar-refractivity contribution in [2.45, 2.75) is 244 Å². The van der Waals surface area contributed by atoms with Crippen LogP contribution in [-0.4, -0.2) is 170 Å². The summed E-state index contributed by atoms with van der Waals surface area (Å²) in [6.07, 6.45) is 8.74. The van der Waals surface area contributed by atoms with E-state index in [9.17, 15) is 75.3 Å². The van der Waals surface area contributed by atoms with E-state index in [4.69, 9.17) is 10.6 Å². The molecule has 0 bridgehead atoms. The van der Waals surface area contributed by atoms with Crippen LogP contribution in [0.3, 0.4) is 0 Å². The Labute approximate surface area is 707 Å². The number of nitrogens with two attached hydrogens (primary N) is 1. The summed E-state index contributed by atoms with van der Waals surface area (Å²) in [7, 11) is 0. The van der Waals surface area contributed by atoms with Crippen molar-refractivity contribution in [1.82, 2.24) is 57.1 Å². The van der Waals surface area contributed by atoms with Crippen LogP contribution in [0.25, 0.3) is 20.9 Å². The molecule has 0 radical (unpaired) electrons. The zero-order valence-electron chi connectivity index (χ0n) is 68.1. The lowest BCUT2D eigenvalue weighted by atomic mass is 9.85. The number of thiazole rings is 2. The molecule has 4 aliphatic rings. The number of hydrogen-bond acceptors (Lipinski definition) is 18. The van der Waals surface area contributed by atoms with E-state index in [0.717, 1.165) is 115 Å². The standard InChI is InChI=1S/C51H62F4IN7O7S.C34H49FN6O5S/c1-30-44(71-29-58-30)32-15-13-31(14-16-32)39(60-47(67)40-26-34(64)28-63(40)48(68)45(50(2,3)4)61-49(69)51(55)21-22-51)27-41(65)57-23-11-9-7-5-6-8-10-12-24-70-62-46(66)35-18-19-36(52)42(54)43(35)59-38-20-17-33(56)25-37(38)53;1-21-28(47-20-38-21)23-11-9-22(10-12-23)25(18-27(43)37-16-8-6-5-7-15-36)39-30(44)26-17-24(42)19-41(26)31(45)29(33(2,3)4)40-32(46)34(35)13-14-34/h13-20,25,29,34,39-40,45,59,64H,5-12,21-24,26-28H2,1-4H3,(H,57,65)(H,60,67)(H,61,69)(H,62,66);9-12,20,24-26,29,42H,5-8,13-19,36H2,1-4H3,(H,37,43)(H,39,44)(H,40,46)/t34-,39+,40+,45?;24-,25+,26+,29?/m11/s1. The van der Waals surface area contributed by atoms with Gasteiger partial charge in [-0.25, -0.2) is 37.4 Å². The second-order valence-corrected chi connectivity index (χ2v) is 36.1. The molecule has 0 spiro atoms. The predicted molar refractivity (Wildman–Crippen MR) is 449 cm³/mol. The molecule has 2 saturated carbocycles. The minimum absolute atomic E-state index is 0.0132. The molecule has 2 aromatic heterocycles. The third kappa shape index (κ3) is 26.2. The second-order valence-electron chi connectivity index (χ2n) is 33.1. The molecule has 118 heavy (non-hydrogen) atoms. The Bertz CT molecular complexity index is 4460. The number of nitrogens with one attached hydrogen (secondary N) is 8. The summed E-state index contributed by atoms with van der Waals surface area (Å²) in [4.78, 5) is 139. The highest BCUT2D eigenvalue weighted by atomic mass is 127. The summed E-state index contributed by atoms with van der Waals surface area (Å²) in [5.41, 5.74) is 9.87. The zero-order chi connectivity index (χ0) is 85.8. The molecule has 9 amide bonds. The number of aliphatic hydroxyl groups excluding tert-OH is 2. The average Bonchev–Trinajstić information content (AvgIpc) is 1.40. The monoisotopic (exact) mass is 1790 g/mol. The average molecular weight is 1790 g/mol. The fourth-order valence-corrected chi connectivity index (χ4v) is 16.2. The molecule has 4 aromatic carbocycles. The van der Waals surface area contributed by atoms with Crippen LogP contribution < -0.4 is 48.4 Å². The molecule has 2 aliphatic carbocycles. The lowest BCUT2D eigenvalue weighted by Crippen LogP contribution is -2.59. The number of benzene rings is 4. The fourth-order valence-electron chi connectivity index (χ4n) is 14.1. The summed E-state index contributed by atoms with van der Waals surface area (Å²) in [5, 5.41) is 40.8. The molecule has 642 valence electrons. The number of aryl methyl sites for hydroxylation is 2. The Morgan fingerprint density at radius 2 is 1.00 bits per heavy atom. The van der Waals surface area contributed by atoms with Gasteiger partial charge < -0.3 is 63.0 Å². The number of aliphatic hydroxyl groups is 2. The van der Waals surface area contributed by atoms with Crippen LogP contribution in [-0.2, 0) is 43.2 Å². The third-order valence-electron chi connectivity index (χ3n) is 21.4. The molecule has 4 fully saturated rings. The van der Waals surface area contributed by atoms with Crippen LogP contribution in [0.5, 0.6) is 0 Å². The van der Waals surface area contributed by atoms with Gasteiger partial charge in [-0.15, -0.1) is 22.7 Å². The number of rotatable bonds is 39. The lowest BCUT2D eigenvalue weighted by molar-refractivity contribution is -0.145. The van der Waals surface area contributed by atoms with Gasteiger partial charge in [0.05, 0.1) is 92.8 Å². The number of aromatic nitrogens is 2. The largest absolute Gasteiger partial charge is 0.391 e. The first-order valence-electron chi connectivity index (χ1n) is 40.4. The van der Waals surface area contributed by atoms with Crippen molar-refractivity contribution < 1.29 is 80.2 Å². The van der Waals surface area contributed by atoms with Crippen LogP contribution in [0.4, 0.5) is 33.3 Å². The molecule has 12 N–H and O–H groups in total. The predicted octanol–water partition coefficient (Wildman–Crippen LogP) is 12.3. The molecular weight excluding hydrogens is 1680 g/mol. The van der Waals surface area contributed by atoms with Crippen molar-refractivity contribution in [2.24, 2.45) is 16.6 Å². The minimum Gasteiger partial charge on any atom is -0.391 e. The summed E-state index contributed by atoms with van der Waals surface area (Å²) in [6, 6.07) is 15.2. The third-order valence-corrected chi connectivity index (χ3v) is 24.0. The van der Waals surface area contributed by atoms with Crippen LogP contribution in [0, 0.1) is 45.7 Å². The van der Waals surface area contributed by atoms with Crippen molar-refractivity contribution >= 4 is 110 Å². The number of carbonyl (C=O) groups is 9. The van der Waals surface area contributed by atoms with E-state index in [-0.39, 0.29) is 94.1 Å². The molecule has 2 aliphatic heterocycles. The topological polar surface area (TPSA) is 358 Å². The van der Waals surface area contributed by atoms with Crippen LogP contribution in [0.1, 0.15) is 215 Å². The summed E-state index contributed by atoms with van der Waals surface area (Å²) >= 11 is 4.94. The molecule has 6 aromatic rings. The molecule has 33 heteroatoms. The number of nitrogens with zero attached hydrogens (tertiary/aromatic N) is 4. The maximum atomic E-state index is 14.7. The number of likely N-dealkylation sites (tertiary alicyclic amines) is 2.